The van der Waals surface area contributed by atoms with Crippen LogP contribution in [0.5, 0.6) is 0 Å². The highest BCUT2D eigenvalue weighted by Gasteiger charge is 2.26. The van der Waals surface area contributed by atoms with Crippen molar-refractivity contribution in [3.8, 4) is 11.3 Å². The number of amides is 1. The Morgan fingerprint density at radius 3 is 2.56 bits per heavy atom. The first-order chi connectivity index (χ1) is 15.4. The minimum atomic E-state index is 0.127. The molecular weight excluding hydrogens is 398 g/mol. The van der Waals surface area contributed by atoms with Crippen molar-refractivity contribution in [1.29, 1.82) is 0 Å². The molecule has 0 aliphatic carbocycles. The number of hydrogen-bond donors (Lipinski definition) is 1. The van der Waals surface area contributed by atoms with E-state index in [4.69, 9.17) is 0 Å². The molecule has 1 saturated heterocycles. The molecule has 1 N–H and O–H groups in total. The summed E-state index contributed by atoms with van der Waals surface area (Å²) in [5.41, 5.74) is 8.44. The van der Waals surface area contributed by atoms with Gasteiger partial charge in [0.05, 0.1) is 29.4 Å². The predicted octanol–water partition coefficient (Wildman–Crippen LogP) is 4.98. The van der Waals surface area contributed by atoms with Crippen molar-refractivity contribution in [2.24, 2.45) is 0 Å². The van der Waals surface area contributed by atoms with Gasteiger partial charge >= 0.3 is 0 Å². The van der Waals surface area contributed by atoms with E-state index in [1.807, 2.05) is 48.7 Å². The van der Waals surface area contributed by atoms with Crippen LogP contribution in [0, 0.1) is 27.7 Å². The second-order valence-electron chi connectivity index (χ2n) is 9.02. The van der Waals surface area contributed by atoms with Gasteiger partial charge in [-0.05, 0) is 81.3 Å². The summed E-state index contributed by atoms with van der Waals surface area (Å²) in [5.74, 6) is 1.49. The van der Waals surface area contributed by atoms with Crippen LogP contribution in [0.1, 0.15) is 57.3 Å². The summed E-state index contributed by atoms with van der Waals surface area (Å²) in [4.78, 5) is 27.6. The second kappa shape index (κ2) is 7.93. The van der Waals surface area contributed by atoms with Crippen LogP contribution in [0.25, 0.3) is 16.8 Å². The number of aryl methyl sites for hydroxylation is 4. The van der Waals surface area contributed by atoms with E-state index in [1.54, 1.807) is 0 Å². The third-order valence-corrected chi connectivity index (χ3v) is 6.77. The molecule has 1 aliphatic rings. The third-order valence-electron chi connectivity index (χ3n) is 6.77. The molecule has 32 heavy (non-hydrogen) atoms. The van der Waals surface area contributed by atoms with E-state index in [2.05, 4.69) is 46.3 Å². The number of benzene rings is 1. The van der Waals surface area contributed by atoms with Crippen molar-refractivity contribution < 1.29 is 4.79 Å². The average molecular weight is 428 g/mol. The van der Waals surface area contributed by atoms with Crippen molar-refractivity contribution in [2.75, 3.05) is 13.1 Å². The average Bonchev–Trinajstić information content (AvgIpc) is 3.38. The number of imidazole rings is 2. The van der Waals surface area contributed by atoms with Gasteiger partial charge in [0.25, 0.3) is 5.91 Å². The smallest absolute Gasteiger partial charge is 0.254 e. The fourth-order valence-corrected chi connectivity index (χ4v) is 5.00. The molecule has 0 saturated carbocycles. The summed E-state index contributed by atoms with van der Waals surface area (Å²) in [6, 6.07) is 8.57. The number of fused-ring (bicyclic) bond motifs is 1. The van der Waals surface area contributed by atoms with Crippen LogP contribution in [-0.4, -0.2) is 43.2 Å². The second-order valence-corrected chi connectivity index (χ2v) is 9.02. The number of hydrogen-bond acceptors (Lipinski definition) is 3. The number of carbonyl (C=O) groups is 1. The zero-order valence-corrected chi connectivity index (χ0v) is 19.1. The molecule has 1 amide bonds. The molecule has 1 aromatic carbocycles. The zero-order valence-electron chi connectivity index (χ0n) is 19.1. The summed E-state index contributed by atoms with van der Waals surface area (Å²) in [7, 11) is 0. The summed E-state index contributed by atoms with van der Waals surface area (Å²) in [6.45, 7) is 9.64. The zero-order chi connectivity index (χ0) is 22.4. The Balaban J connectivity index is 1.36. The Bertz CT molecular complexity index is 1310. The van der Waals surface area contributed by atoms with Crippen LogP contribution >= 0.6 is 0 Å². The topological polar surface area (TPSA) is 66.3 Å². The normalized spacial score (nSPS) is 14.9. The number of aromatic nitrogens is 4. The van der Waals surface area contributed by atoms with Crippen molar-refractivity contribution in [3.63, 3.8) is 0 Å². The molecule has 0 spiro atoms. The molecule has 164 valence electrons. The standard InChI is InChI=1S/C26H29N5O/c1-16-11-17(2)24(13-23(16)25-18(3)28-19(4)29-25)26(32)30-8-5-20(6-9-30)21-7-10-31-15-27-14-22(31)12-21/h7,10-15,20H,5-6,8-9H2,1-4H3,(H,28,29). The number of nitrogens with one attached hydrogen (secondary N) is 1. The van der Waals surface area contributed by atoms with Crippen LogP contribution < -0.4 is 0 Å². The van der Waals surface area contributed by atoms with Crippen LogP contribution in [-0.2, 0) is 0 Å². The lowest BCUT2D eigenvalue weighted by atomic mass is 9.89. The predicted molar refractivity (Wildman–Crippen MR) is 126 cm³/mol. The Hall–Kier alpha value is -3.41. The number of carbonyl (C=O) groups excluding carboxylic acids is 1. The first-order valence-electron chi connectivity index (χ1n) is 11.3. The van der Waals surface area contributed by atoms with E-state index >= 15 is 0 Å². The van der Waals surface area contributed by atoms with Crippen molar-refractivity contribution in [3.05, 3.63) is 76.8 Å². The minimum absolute atomic E-state index is 0.127. The lowest BCUT2D eigenvalue weighted by Crippen LogP contribution is -2.38. The molecule has 1 fully saturated rings. The van der Waals surface area contributed by atoms with Gasteiger partial charge in [0, 0.05) is 30.4 Å². The molecule has 0 radical (unpaired) electrons. The SMILES string of the molecule is Cc1nc(C)c(-c2cc(C(=O)N3CCC(c4ccn5cncc5c4)CC3)c(C)cc2C)[nH]1. The van der Waals surface area contributed by atoms with Gasteiger partial charge < -0.3 is 14.3 Å². The van der Waals surface area contributed by atoms with Gasteiger partial charge in [-0.15, -0.1) is 0 Å². The molecule has 0 atom stereocenters. The number of likely N-dealkylation sites (tertiary alicyclic amines) is 1. The van der Waals surface area contributed by atoms with E-state index in [1.165, 1.54) is 5.56 Å². The maximum absolute atomic E-state index is 13.5. The lowest BCUT2D eigenvalue weighted by molar-refractivity contribution is 0.0712. The summed E-state index contributed by atoms with van der Waals surface area (Å²) in [5, 5.41) is 0. The molecule has 3 aromatic heterocycles. The molecule has 0 unspecified atom stereocenters. The highest BCUT2D eigenvalue weighted by Crippen LogP contribution is 2.32. The molecular formula is C26H29N5O. The Kier molecular flexibility index (Phi) is 5.08. The van der Waals surface area contributed by atoms with E-state index in [0.29, 0.717) is 5.92 Å². The number of pyridine rings is 1. The van der Waals surface area contributed by atoms with Gasteiger partial charge in [0.1, 0.15) is 5.82 Å². The molecule has 0 bridgehead atoms. The number of rotatable bonds is 3. The Labute approximate surface area is 188 Å². The molecule has 6 nitrogen and oxygen atoms in total. The van der Waals surface area contributed by atoms with Gasteiger partial charge in [-0.1, -0.05) is 6.07 Å². The molecule has 6 heteroatoms. The number of piperidine rings is 1. The monoisotopic (exact) mass is 427 g/mol. The van der Waals surface area contributed by atoms with Crippen molar-refractivity contribution in [2.45, 2.75) is 46.5 Å². The quantitative estimate of drug-likeness (QED) is 0.502. The van der Waals surface area contributed by atoms with Crippen molar-refractivity contribution >= 4 is 11.4 Å². The summed E-state index contributed by atoms with van der Waals surface area (Å²) in [6.07, 6.45) is 7.75. The highest BCUT2D eigenvalue weighted by atomic mass is 16.2. The fraction of sp³-hybridized carbons (Fsp3) is 0.346. The molecule has 1 aliphatic heterocycles. The molecule has 5 rings (SSSR count). The van der Waals surface area contributed by atoms with E-state index < -0.39 is 0 Å². The lowest BCUT2D eigenvalue weighted by Gasteiger charge is -2.33. The van der Waals surface area contributed by atoms with E-state index in [0.717, 1.165) is 70.9 Å². The van der Waals surface area contributed by atoms with Crippen LogP contribution in [0.2, 0.25) is 0 Å². The summed E-state index contributed by atoms with van der Waals surface area (Å²) < 4.78 is 2.03. The highest BCUT2D eigenvalue weighted by molar-refractivity contribution is 5.97. The van der Waals surface area contributed by atoms with Gasteiger partial charge in [-0.3, -0.25) is 4.79 Å². The van der Waals surface area contributed by atoms with Crippen LogP contribution in [0.4, 0.5) is 0 Å². The van der Waals surface area contributed by atoms with Crippen LogP contribution in [0.3, 0.4) is 0 Å². The number of nitrogens with zero attached hydrogens (tertiary/aromatic N) is 4. The first-order valence-corrected chi connectivity index (χ1v) is 11.3. The van der Waals surface area contributed by atoms with Crippen molar-refractivity contribution in [1.82, 2.24) is 24.3 Å². The maximum atomic E-state index is 13.5. The Morgan fingerprint density at radius 1 is 1.06 bits per heavy atom. The van der Waals surface area contributed by atoms with Gasteiger partial charge in [0.15, 0.2) is 0 Å². The van der Waals surface area contributed by atoms with Gasteiger partial charge in [0.2, 0.25) is 0 Å². The first kappa shape index (κ1) is 20.5. The van der Waals surface area contributed by atoms with Gasteiger partial charge in [-0.25, -0.2) is 9.97 Å². The molecule has 4 aromatic rings. The van der Waals surface area contributed by atoms with E-state index in [-0.39, 0.29) is 5.91 Å². The largest absolute Gasteiger partial charge is 0.342 e. The maximum Gasteiger partial charge on any atom is 0.254 e. The Morgan fingerprint density at radius 2 is 1.84 bits per heavy atom. The summed E-state index contributed by atoms with van der Waals surface area (Å²) >= 11 is 0. The fourth-order valence-electron chi connectivity index (χ4n) is 5.00. The minimum Gasteiger partial charge on any atom is -0.342 e. The van der Waals surface area contributed by atoms with Crippen LogP contribution in [0.15, 0.2) is 43.0 Å². The number of aromatic amines is 1. The van der Waals surface area contributed by atoms with E-state index in [9.17, 15) is 4.79 Å². The third kappa shape index (κ3) is 3.60. The van der Waals surface area contributed by atoms with Gasteiger partial charge in [-0.2, -0.15) is 0 Å². The number of H-pyrrole nitrogens is 1. The molecule has 4 heterocycles.